The van der Waals surface area contributed by atoms with E-state index in [1.54, 1.807) is 11.1 Å². The van der Waals surface area contributed by atoms with Gasteiger partial charge in [-0.25, -0.2) is 0 Å². The van der Waals surface area contributed by atoms with Crippen molar-refractivity contribution in [2.75, 3.05) is 18.0 Å². The topological polar surface area (TPSA) is 59.2 Å². The van der Waals surface area contributed by atoms with Crippen LogP contribution < -0.4 is 10.6 Å². The number of benzene rings is 1. The molecule has 2 N–H and O–H groups in total. The average Bonchev–Trinajstić information content (AvgIpc) is 2.81. The Bertz CT molecular complexity index is 644. The summed E-state index contributed by atoms with van der Waals surface area (Å²) in [6.45, 7) is 1.13. The Balaban J connectivity index is 2.06. The van der Waals surface area contributed by atoms with Crippen LogP contribution in [0.4, 0.5) is 5.69 Å². The van der Waals surface area contributed by atoms with E-state index in [2.05, 4.69) is 4.98 Å². The molecule has 0 aliphatic carbocycles. The maximum atomic E-state index is 12.0. The molecule has 0 saturated carbocycles. The molecule has 1 saturated heterocycles. The number of nitrogens with zero attached hydrogens (tertiary/aromatic N) is 2. The molecule has 19 heavy (non-hydrogen) atoms. The molecular weight excluding hydrogens is 262 g/mol. The van der Waals surface area contributed by atoms with Crippen LogP contribution in [0.2, 0.25) is 5.02 Å². The molecule has 5 heteroatoms. The highest BCUT2D eigenvalue weighted by atomic mass is 35.5. The van der Waals surface area contributed by atoms with Gasteiger partial charge in [-0.3, -0.25) is 9.78 Å². The Labute approximate surface area is 116 Å². The predicted octanol–water partition coefficient (Wildman–Crippen LogP) is 2.20. The zero-order valence-electron chi connectivity index (χ0n) is 10.3. The molecule has 3 rings (SSSR count). The zero-order chi connectivity index (χ0) is 13.4. The molecule has 1 atom stereocenters. The predicted molar refractivity (Wildman–Crippen MR) is 76.3 cm³/mol. The number of anilines is 1. The number of halogens is 1. The maximum absolute atomic E-state index is 12.0. The lowest BCUT2D eigenvalue weighted by Gasteiger charge is -2.18. The van der Waals surface area contributed by atoms with E-state index in [-0.39, 0.29) is 11.8 Å². The van der Waals surface area contributed by atoms with Crippen LogP contribution in [0.5, 0.6) is 0 Å². The summed E-state index contributed by atoms with van der Waals surface area (Å²) in [4.78, 5) is 18.1. The number of carbonyl (C=O) groups excluding carboxylic acids is 1. The van der Waals surface area contributed by atoms with Crippen molar-refractivity contribution in [1.82, 2.24) is 4.98 Å². The number of fused-ring (bicyclic) bond motifs is 1. The van der Waals surface area contributed by atoms with Crippen molar-refractivity contribution in [1.29, 1.82) is 0 Å². The third kappa shape index (κ3) is 2.07. The van der Waals surface area contributed by atoms with Gasteiger partial charge in [0.2, 0.25) is 5.91 Å². The van der Waals surface area contributed by atoms with Gasteiger partial charge in [0.05, 0.1) is 22.4 Å². The molecule has 98 valence electrons. The van der Waals surface area contributed by atoms with Crippen molar-refractivity contribution < 1.29 is 4.79 Å². The van der Waals surface area contributed by atoms with Crippen LogP contribution in [0, 0.1) is 5.92 Å². The van der Waals surface area contributed by atoms with E-state index in [0.29, 0.717) is 30.2 Å². The fraction of sp³-hybridized carbons (Fsp3) is 0.286. The number of pyridine rings is 1. The average molecular weight is 276 g/mol. The SMILES string of the molecule is NCC1CC(=O)N(c2cnc3ccccc3c2Cl)C1. The van der Waals surface area contributed by atoms with Crippen LogP contribution in [0.1, 0.15) is 6.42 Å². The van der Waals surface area contributed by atoms with Gasteiger partial charge in [-0.2, -0.15) is 0 Å². The lowest BCUT2D eigenvalue weighted by atomic mass is 10.1. The molecule has 4 nitrogen and oxygen atoms in total. The van der Waals surface area contributed by atoms with Gasteiger partial charge in [-0.1, -0.05) is 29.8 Å². The summed E-state index contributed by atoms with van der Waals surface area (Å²) in [7, 11) is 0. The summed E-state index contributed by atoms with van der Waals surface area (Å²) in [5.74, 6) is 0.268. The van der Waals surface area contributed by atoms with Crippen LogP contribution >= 0.6 is 11.6 Å². The molecular formula is C14H14ClN3O. The van der Waals surface area contributed by atoms with Crippen molar-refractivity contribution in [3.8, 4) is 0 Å². The molecule has 1 aliphatic heterocycles. The van der Waals surface area contributed by atoms with E-state index in [1.165, 1.54) is 0 Å². The lowest BCUT2D eigenvalue weighted by molar-refractivity contribution is -0.117. The van der Waals surface area contributed by atoms with Crippen molar-refractivity contribution >= 4 is 34.1 Å². The second-order valence-corrected chi connectivity index (χ2v) is 5.16. The zero-order valence-corrected chi connectivity index (χ0v) is 11.1. The summed E-state index contributed by atoms with van der Waals surface area (Å²) < 4.78 is 0. The molecule has 0 spiro atoms. The molecule has 1 aromatic heterocycles. The standard InChI is InChI=1S/C14H14ClN3O/c15-14-10-3-1-2-4-11(10)17-7-12(14)18-8-9(6-16)5-13(18)19/h1-4,7,9H,5-6,8,16H2. The molecule has 1 amide bonds. The van der Waals surface area contributed by atoms with E-state index in [1.807, 2.05) is 24.3 Å². The van der Waals surface area contributed by atoms with Gasteiger partial charge in [0.25, 0.3) is 0 Å². The smallest absolute Gasteiger partial charge is 0.227 e. The maximum Gasteiger partial charge on any atom is 0.227 e. The third-order valence-electron chi connectivity index (χ3n) is 3.52. The van der Waals surface area contributed by atoms with Gasteiger partial charge in [0.15, 0.2) is 0 Å². The minimum Gasteiger partial charge on any atom is -0.330 e. The summed E-state index contributed by atoms with van der Waals surface area (Å²) in [5.41, 5.74) is 7.15. The molecule has 0 radical (unpaired) electrons. The quantitative estimate of drug-likeness (QED) is 0.914. The van der Waals surface area contributed by atoms with E-state index < -0.39 is 0 Å². The number of aromatic nitrogens is 1. The van der Waals surface area contributed by atoms with Crippen LogP contribution in [0.3, 0.4) is 0 Å². The van der Waals surface area contributed by atoms with Gasteiger partial charge < -0.3 is 10.6 Å². The van der Waals surface area contributed by atoms with Crippen LogP contribution in [0.15, 0.2) is 30.5 Å². The molecule has 2 heterocycles. The number of amides is 1. The highest BCUT2D eigenvalue weighted by Gasteiger charge is 2.31. The largest absolute Gasteiger partial charge is 0.330 e. The van der Waals surface area contributed by atoms with E-state index in [9.17, 15) is 4.79 Å². The first-order valence-corrected chi connectivity index (χ1v) is 6.62. The summed E-state index contributed by atoms with van der Waals surface area (Å²) in [5, 5.41) is 1.45. The normalized spacial score (nSPS) is 19.4. The van der Waals surface area contributed by atoms with E-state index in [0.717, 1.165) is 10.9 Å². The number of carbonyl (C=O) groups is 1. The molecule has 0 bridgehead atoms. The van der Waals surface area contributed by atoms with E-state index >= 15 is 0 Å². The second-order valence-electron chi connectivity index (χ2n) is 4.78. The Hall–Kier alpha value is -1.65. The van der Waals surface area contributed by atoms with Crippen LogP contribution in [-0.4, -0.2) is 24.0 Å². The lowest BCUT2D eigenvalue weighted by Crippen LogP contribution is -2.26. The van der Waals surface area contributed by atoms with Gasteiger partial charge >= 0.3 is 0 Å². The fourth-order valence-electron chi connectivity index (χ4n) is 2.46. The van der Waals surface area contributed by atoms with Gasteiger partial charge in [-0.15, -0.1) is 0 Å². The van der Waals surface area contributed by atoms with Gasteiger partial charge in [-0.05, 0) is 18.5 Å². The Kier molecular flexibility index (Phi) is 3.12. The molecule has 1 unspecified atom stereocenters. The van der Waals surface area contributed by atoms with Crippen LogP contribution in [-0.2, 0) is 4.79 Å². The highest BCUT2D eigenvalue weighted by molar-refractivity contribution is 6.38. The molecule has 1 fully saturated rings. The Morgan fingerprint density at radius 2 is 2.21 bits per heavy atom. The summed E-state index contributed by atoms with van der Waals surface area (Å²) in [6.07, 6.45) is 2.15. The minimum absolute atomic E-state index is 0.0643. The first-order chi connectivity index (χ1) is 9.20. The monoisotopic (exact) mass is 275 g/mol. The second kappa shape index (κ2) is 4.79. The van der Waals surface area contributed by atoms with Crippen molar-refractivity contribution in [3.05, 3.63) is 35.5 Å². The van der Waals surface area contributed by atoms with Crippen LogP contribution in [0.25, 0.3) is 10.9 Å². The number of nitrogens with two attached hydrogens (primary N) is 1. The van der Waals surface area contributed by atoms with Gasteiger partial charge in [0.1, 0.15) is 0 Å². The minimum atomic E-state index is 0.0643. The highest BCUT2D eigenvalue weighted by Crippen LogP contribution is 2.34. The molecule has 1 aliphatic rings. The number of hydrogen-bond acceptors (Lipinski definition) is 3. The Morgan fingerprint density at radius 3 is 2.95 bits per heavy atom. The number of rotatable bonds is 2. The third-order valence-corrected chi connectivity index (χ3v) is 3.92. The van der Waals surface area contributed by atoms with Crippen molar-refractivity contribution in [2.24, 2.45) is 11.7 Å². The first kappa shape index (κ1) is 12.4. The fourth-order valence-corrected chi connectivity index (χ4v) is 2.77. The molecule has 2 aromatic rings. The summed E-state index contributed by atoms with van der Waals surface area (Å²) >= 11 is 6.41. The Morgan fingerprint density at radius 1 is 1.42 bits per heavy atom. The number of para-hydroxylation sites is 1. The first-order valence-electron chi connectivity index (χ1n) is 6.24. The van der Waals surface area contributed by atoms with Crippen molar-refractivity contribution in [2.45, 2.75) is 6.42 Å². The van der Waals surface area contributed by atoms with Crippen molar-refractivity contribution in [3.63, 3.8) is 0 Å². The summed E-state index contributed by atoms with van der Waals surface area (Å²) in [6, 6.07) is 7.64. The molecule has 1 aromatic carbocycles. The van der Waals surface area contributed by atoms with E-state index in [4.69, 9.17) is 17.3 Å². The van der Waals surface area contributed by atoms with Gasteiger partial charge in [0, 0.05) is 18.4 Å². The number of hydrogen-bond donors (Lipinski definition) is 1.